The summed E-state index contributed by atoms with van der Waals surface area (Å²) in [5, 5.41) is 0. The van der Waals surface area contributed by atoms with Crippen LogP contribution in [0.4, 0.5) is 0 Å². The number of rotatable bonds is 0. The third-order valence-electron chi connectivity index (χ3n) is 0.478. The van der Waals surface area contributed by atoms with Crippen molar-refractivity contribution in [3.63, 3.8) is 0 Å². The molecule has 0 amide bonds. The van der Waals surface area contributed by atoms with E-state index in [4.69, 9.17) is 17.5 Å². The van der Waals surface area contributed by atoms with Crippen molar-refractivity contribution in [1.29, 1.82) is 0 Å². The molecule has 0 spiro atoms. The van der Waals surface area contributed by atoms with Gasteiger partial charge < -0.3 is 0 Å². The third kappa shape index (κ3) is 22.6. The van der Waals surface area contributed by atoms with Crippen LogP contribution in [0.2, 0.25) is 0 Å². The molecule has 1 radical (unpaired) electrons. The Morgan fingerprint density at radius 3 is 1.50 bits per heavy atom. The van der Waals surface area contributed by atoms with E-state index in [1.165, 1.54) is 6.33 Å². The summed E-state index contributed by atoms with van der Waals surface area (Å²) >= 11 is 0. The molecule has 73 valence electrons. The first kappa shape index (κ1) is 14.2. The first-order valence-electron chi connectivity index (χ1n) is 2.40. The van der Waals surface area contributed by atoms with Gasteiger partial charge in [0.2, 0.25) is 0 Å². The van der Waals surface area contributed by atoms with Crippen LogP contribution in [0.25, 0.3) is 0 Å². The Balaban J connectivity index is 0. The second-order valence-electron chi connectivity index (χ2n) is 1.35. The number of hydrogen-bond donors (Lipinski definition) is 2. The van der Waals surface area contributed by atoms with Gasteiger partial charge in [-0.05, 0) is 6.07 Å². The Morgan fingerprint density at radius 2 is 1.42 bits per heavy atom. The summed E-state index contributed by atoms with van der Waals surface area (Å²) < 4.78 is 31.6. The Kier molecular flexibility index (Phi) is 8.71. The first-order chi connectivity index (χ1) is 5.00. The Hall–Kier alpha value is -0.310. The standard InChI is InChI=1S/C4H4N2.Ag.H2O4S/c1-2-5-4-6-3-1;;1-5(2,3)4/h1-4H;;(H2,1,2,3,4). The summed E-state index contributed by atoms with van der Waals surface area (Å²) in [6.07, 6.45) is 4.88. The van der Waals surface area contributed by atoms with Crippen LogP contribution in [0.5, 0.6) is 0 Å². The predicted molar refractivity (Wildman–Crippen MR) is 36.2 cm³/mol. The largest absolute Gasteiger partial charge is 0.394 e. The fourth-order valence-corrected chi connectivity index (χ4v) is 0.253. The zero-order valence-electron chi connectivity index (χ0n) is 5.62. The number of nitrogens with zero attached hydrogens (tertiary/aromatic N) is 2. The SMILES string of the molecule is O=S(=O)(O)O.[Ag].c1cncnc1. The molecular formula is C4H6AgN2O4S. The van der Waals surface area contributed by atoms with Crippen LogP contribution in [0.3, 0.4) is 0 Å². The molecule has 2 N–H and O–H groups in total. The van der Waals surface area contributed by atoms with Crippen LogP contribution >= 0.6 is 0 Å². The normalized spacial score (nSPS) is 8.83. The zero-order chi connectivity index (χ0) is 8.74. The molecule has 1 rings (SSSR count). The van der Waals surface area contributed by atoms with E-state index in [-0.39, 0.29) is 22.4 Å². The van der Waals surface area contributed by atoms with Gasteiger partial charge in [-0.1, -0.05) is 0 Å². The molecule has 0 atom stereocenters. The molecule has 1 heterocycles. The van der Waals surface area contributed by atoms with Gasteiger partial charge in [-0.15, -0.1) is 0 Å². The van der Waals surface area contributed by atoms with E-state index in [9.17, 15) is 0 Å². The molecule has 0 aliphatic rings. The van der Waals surface area contributed by atoms with Crippen molar-refractivity contribution in [2.75, 3.05) is 0 Å². The minimum Gasteiger partial charge on any atom is -0.264 e. The van der Waals surface area contributed by atoms with Gasteiger partial charge in [-0.25, -0.2) is 9.97 Å². The second kappa shape index (κ2) is 7.35. The zero-order valence-corrected chi connectivity index (χ0v) is 7.92. The quantitative estimate of drug-likeness (QED) is 0.507. The molecule has 0 saturated heterocycles. The molecule has 0 fully saturated rings. The van der Waals surface area contributed by atoms with Crippen molar-refractivity contribution in [1.82, 2.24) is 9.97 Å². The maximum Gasteiger partial charge on any atom is 0.394 e. The Morgan fingerprint density at radius 1 is 1.08 bits per heavy atom. The molecule has 0 saturated carbocycles. The smallest absolute Gasteiger partial charge is 0.264 e. The van der Waals surface area contributed by atoms with E-state index in [1.807, 2.05) is 0 Å². The van der Waals surface area contributed by atoms with Gasteiger partial charge >= 0.3 is 10.4 Å². The number of aromatic nitrogens is 2. The fraction of sp³-hybridized carbons (Fsp3) is 0. The summed E-state index contributed by atoms with van der Waals surface area (Å²) in [4.78, 5) is 7.35. The van der Waals surface area contributed by atoms with E-state index >= 15 is 0 Å². The average Bonchev–Trinajstić information content (AvgIpc) is 1.88. The number of hydrogen-bond acceptors (Lipinski definition) is 4. The van der Waals surface area contributed by atoms with E-state index in [0.29, 0.717) is 0 Å². The molecule has 0 bridgehead atoms. The van der Waals surface area contributed by atoms with Gasteiger partial charge in [0, 0.05) is 34.8 Å². The van der Waals surface area contributed by atoms with E-state index < -0.39 is 10.4 Å². The van der Waals surface area contributed by atoms with Gasteiger partial charge in [-0.3, -0.25) is 9.11 Å². The molecule has 6 nitrogen and oxygen atoms in total. The molecule has 12 heavy (non-hydrogen) atoms. The first-order valence-corrected chi connectivity index (χ1v) is 3.79. The summed E-state index contributed by atoms with van der Waals surface area (Å²) in [7, 11) is -4.67. The Bertz CT molecular complexity index is 242. The molecule has 0 aromatic carbocycles. The second-order valence-corrected chi connectivity index (χ2v) is 2.25. The van der Waals surface area contributed by atoms with Crippen molar-refractivity contribution in [2.24, 2.45) is 0 Å². The van der Waals surface area contributed by atoms with Crippen LogP contribution in [-0.2, 0) is 32.8 Å². The Labute approximate surface area is 85.1 Å². The van der Waals surface area contributed by atoms with Crippen molar-refractivity contribution >= 4 is 10.4 Å². The van der Waals surface area contributed by atoms with Gasteiger partial charge in [-0.2, -0.15) is 8.42 Å². The van der Waals surface area contributed by atoms with Crippen LogP contribution in [-0.4, -0.2) is 27.5 Å². The molecule has 8 heteroatoms. The van der Waals surface area contributed by atoms with Crippen molar-refractivity contribution in [3.05, 3.63) is 24.8 Å². The third-order valence-corrected chi connectivity index (χ3v) is 0.478. The summed E-state index contributed by atoms with van der Waals surface area (Å²) in [6.45, 7) is 0. The van der Waals surface area contributed by atoms with E-state index in [2.05, 4.69) is 9.97 Å². The van der Waals surface area contributed by atoms with Gasteiger partial charge in [0.05, 0.1) is 0 Å². The van der Waals surface area contributed by atoms with Crippen molar-refractivity contribution in [3.8, 4) is 0 Å². The van der Waals surface area contributed by atoms with E-state index in [0.717, 1.165) is 0 Å². The van der Waals surface area contributed by atoms with Crippen molar-refractivity contribution in [2.45, 2.75) is 0 Å². The van der Waals surface area contributed by atoms with Gasteiger partial charge in [0.25, 0.3) is 0 Å². The topological polar surface area (TPSA) is 100 Å². The maximum atomic E-state index is 8.74. The fourth-order valence-electron chi connectivity index (χ4n) is 0.253. The summed E-state index contributed by atoms with van der Waals surface area (Å²) in [6, 6.07) is 1.78. The van der Waals surface area contributed by atoms with Crippen LogP contribution in [0, 0.1) is 0 Å². The summed E-state index contributed by atoms with van der Waals surface area (Å²) in [5.74, 6) is 0. The summed E-state index contributed by atoms with van der Waals surface area (Å²) in [5.41, 5.74) is 0. The monoisotopic (exact) mass is 285 g/mol. The molecule has 1 aromatic rings. The minimum atomic E-state index is -4.67. The predicted octanol–water partition coefficient (Wildman–Crippen LogP) is -0.179. The van der Waals surface area contributed by atoms with Gasteiger partial charge in [0.1, 0.15) is 6.33 Å². The maximum absolute atomic E-state index is 8.74. The van der Waals surface area contributed by atoms with Crippen LogP contribution in [0.15, 0.2) is 24.8 Å². The average molecular weight is 286 g/mol. The van der Waals surface area contributed by atoms with Gasteiger partial charge in [0.15, 0.2) is 0 Å². The van der Waals surface area contributed by atoms with Crippen LogP contribution in [0.1, 0.15) is 0 Å². The van der Waals surface area contributed by atoms with Crippen LogP contribution < -0.4 is 0 Å². The molecule has 1 aromatic heterocycles. The molecule has 0 aliphatic heterocycles. The minimum absolute atomic E-state index is 0. The molecule has 0 aliphatic carbocycles. The molecular weight excluding hydrogens is 280 g/mol. The van der Waals surface area contributed by atoms with Crippen molar-refractivity contribution < 1.29 is 39.9 Å². The van der Waals surface area contributed by atoms with E-state index in [1.54, 1.807) is 18.5 Å². The molecule has 0 unspecified atom stereocenters.